The van der Waals surface area contributed by atoms with Gasteiger partial charge in [-0.2, -0.15) is 0 Å². The summed E-state index contributed by atoms with van der Waals surface area (Å²) in [5.41, 5.74) is 0. The van der Waals surface area contributed by atoms with Gasteiger partial charge in [-0.3, -0.25) is 0 Å². The first-order valence-corrected chi connectivity index (χ1v) is 4.17. The fourth-order valence-electron chi connectivity index (χ4n) is 1.00. The van der Waals surface area contributed by atoms with Crippen LogP contribution in [0.4, 0.5) is 0 Å². The monoisotopic (exact) mass is 157 g/mol. The highest BCUT2D eigenvalue weighted by Crippen LogP contribution is 2.10. The third-order valence-electron chi connectivity index (χ3n) is 1.91. The molecule has 0 aromatic rings. The first-order chi connectivity index (χ1) is 5.22. The first-order valence-electron chi connectivity index (χ1n) is 4.17. The quantitative estimate of drug-likeness (QED) is 0.448. The van der Waals surface area contributed by atoms with Crippen LogP contribution in [-0.4, -0.2) is 24.8 Å². The van der Waals surface area contributed by atoms with Gasteiger partial charge < -0.3 is 10.4 Å². The van der Waals surface area contributed by atoms with Gasteiger partial charge in [-0.15, -0.1) is 6.58 Å². The van der Waals surface area contributed by atoms with Crippen molar-refractivity contribution in [1.29, 1.82) is 0 Å². The van der Waals surface area contributed by atoms with Crippen molar-refractivity contribution in [2.24, 2.45) is 5.92 Å². The van der Waals surface area contributed by atoms with Crippen molar-refractivity contribution in [3.63, 3.8) is 0 Å². The van der Waals surface area contributed by atoms with Gasteiger partial charge in [0.15, 0.2) is 0 Å². The molecule has 0 unspecified atom stereocenters. The summed E-state index contributed by atoms with van der Waals surface area (Å²) in [6.45, 7) is 6.61. The van der Waals surface area contributed by atoms with E-state index in [1.54, 1.807) is 6.08 Å². The summed E-state index contributed by atoms with van der Waals surface area (Å²) in [5.74, 6) is 0.334. The van der Waals surface area contributed by atoms with Crippen LogP contribution < -0.4 is 5.32 Å². The molecule has 0 aliphatic carbocycles. The molecule has 66 valence electrons. The van der Waals surface area contributed by atoms with Crippen LogP contribution >= 0.6 is 0 Å². The lowest BCUT2D eigenvalue weighted by atomic mass is 9.99. The number of rotatable bonds is 6. The maximum atomic E-state index is 9.29. The Kier molecular flexibility index (Phi) is 6.18. The summed E-state index contributed by atoms with van der Waals surface area (Å²) in [4.78, 5) is 0. The van der Waals surface area contributed by atoms with Crippen molar-refractivity contribution in [2.45, 2.75) is 25.9 Å². The molecule has 0 aromatic carbocycles. The summed E-state index contributed by atoms with van der Waals surface area (Å²) < 4.78 is 0. The van der Waals surface area contributed by atoms with Crippen molar-refractivity contribution < 1.29 is 5.11 Å². The van der Waals surface area contributed by atoms with Crippen LogP contribution in [0, 0.1) is 5.92 Å². The van der Waals surface area contributed by atoms with Crippen molar-refractivity contribution in [1.82, 2.24) is 5.32 Å². The fourth-order valence-corrected chi connectivity index (χ4v) is 1.00. The minimum Gasteiger partial charge on any atom is -0.389 e. The van der Waals surface area contributed by atoms with Crippen LogP contribution in [-0.2, 0) is 0 Å². The number of hydrogen-bond acceptors (Lipinski definition) is 2. The van der Waals surface area contributed by atoms with Gasteiger partial charge in [-0.1, -0.05) is 13.0 Å². The van der Waals surface area contributed by atoms with Gasteiger partial charge in [-0.25, -0.2) is 0 Å². The number of aliphatic hydroxyl groups excluding tert-OH is 1. The average molecular weight is 157 g/mol. The van der Waals surface area contributed by atoms with E-state index in [-0.39, 0.29) is 6.10 Å². The van der Waals surface area contributed by atoms with Gasteiger partial charge in [0.25, 0.3) is 0 Å². The second kappa shape index (κ2) is 6.38. The van der Waals surface area contributed by atoms with Gasteiger partial charge >= 0.3 is 0 Å². The smallest absolute Gasteiger partial charge is 0.0743 e. The Morgan fingerprint density at radius 1 is 1.64 bits per heavy atom. The topological polar surface area (TPSA) is 32.3 Å². The third kappa shape index (κ3) is 4.99. The van der Waals surface area contributed by atoms with Crippen LogP contribution in [0.5, 0.6) is 0 Å². The highest BCUT2D eigenvalue weighted by Gasteiger charge is 2.08. The molecular weight excluding hydrogens is 138 g/mol. The highest BCUT2D eigenvalue weighted by atomic mass is 16.3. The molecule has 0 radical (unpaired) electrons. The summed E-state index contributed by atoms with van der Waals surface area (Å²) in [7, 11) is 1.94. The molecule has 2 heteroatoms. The lowest BCUT2D eigenvalue weighted by Crippen LogP contribution is -2.16. The van der Waals surface area contributed by atoms with E-state index in [9.17, 15) is 5.11 Å². The Morgan fingerprint density at radius 3 is 2.73 bits per heavy atom. The molecule has 2 nitrogen and oxygen atoms in total. The van der Waals surface area contributed by atoms with E-state index >= 15 is 0 Å². The molecule has 0 amide bonds. The van der Waals surface area contributed by atoms with Crippen molar-refractivity contribution in [3.05, 3.63) is 12.7 Å². The van der Waals surface area contributed by atoms with Gasteiger partial charge in [0.1, 0.15) is 0 Å². The van der Waals surface area contributed by atoms with Crippen LogP contribution in [0.25, 0.3) is 0 Å². The van der Waals surface area contributed by atoms with E-state index in [0.29, 0.717) is 5.92 Å². The molecule has 0 saturated heterocycles. The highest BCUT2D eigenvalue weighted by molar-refractivity contribution is 4.82. The molecule has 0 heterocycles. The van der Waals surface area contributed by atoms with Gasteiger partial charge in [0.2, 0.25) is 0 Å². The number of aliphatic hydroxyl groups is 1. The van der Waals surface area contributed by atoms with Crippen LogP contribution in [0.15, 0.2) is 12.7 Å². The van der Waals surface area contributed by atoms with Crippen LogP contribution in [0.2, 0.25) is 0 Å². The molecule has 0 bridgehead atoms. The Balaban J connectivity index is 3.35. The summed E-state index contributed by atoms with van der Waals surface area (Å²) >= 11 is 0. The van der Waals surface area contributed by atoms with Gasteiger partial charge in [-0.05, 0) is 32.4 Å². The van der Waals surface area contributed by atoms with E-state index in [1.807, 2.05) is 14.0 Å². The minimum absolute atomic E-state index is 0.334. The SMILES string of the molecule is C=C[C@H](O)[C@@H](C)CCCNC. The predicted octanol–water partition coefficient (Wildman–Crippen LogP) is 1.17. The standard InChI is InChI=1S/C9H19NO/c1-4-9(11)8(2)6-5-7-10-3/h4,8-11H,1,5-7H2,2-3H3/t8-,9-/m0/s1. The average Bonchev–Trinajstić information content (AvgIpc) is 2.03. The van der Waals surface area contributed by atoms with Crippen LogP contribution in [0.3, 0.4) is 0 Å². The molecule has 0 aliphatic rings. The van der Waals surface area contributed by atoms with Crippen molar-refractivity contribution >= 4 is 0 Å². The van der Waals surface area contributed by atoms with E-state index in [4.69, 9.17) is 0 Å². The molecule has 0 aliphatic heterocycles. The molecule has 0 aromatic heterocycles. The molecule has 2 N–H and O–H groups in total. The minimum atomic E-state index is -0.341. The third-order valence-corrected chi connectivity index (χ3v) is 1.91. The maximum Gasteiger partial charge on any atom is 0.0743 e. The largest absolute Gasteiger partial charge is 0.389 e. The maximum absolute atomic E-state index is 9.29. The first kappa shape index (κ1) is 10.7. The normalized spacial score (nSPS) is 15.9. The molecule has 2 atom stereocenters. The van der Waals surface area contributed by atoms with E-state index in [1.165, 1.54) is 0 Å². The number of hydrogen-bond donors (Lipinski definition) is 2. The Labute approximate surface area is 69.3 Å². The Bertz CT molecular complexity index is 104. The molecule has 11 heavy (non-hydrogen) atoms. The second-order valence-corrected chi connectivity index (χ2v) is 2.95. The molecule has 0 spiro atoms. The Hall–Kier alpha value is -0.340. The molecule has 0 fully saturated rings. The zero-order chi connectivity index (χ0) is 8.69. The molecular formula is C9H19NO. The van der Waals surface area contributed by atoms with Gasteiger partial charge in [0.05, 0.1) is 6.10 Å². The summed E-state index contributed by atoms with van der Waals surface area (Å²) in [6, 6.07) is 0. The second-order valence-electron chi connectivity index (χ2n) is 2.95. The zero-order valence-corrected chi connectivity index (χ0v) is 7.51. The van der Waals surface area contributed by atoms with Gasteiger partial charge in [0, 0.05) is 0 Å². The van der Waals surface area contributed by atoms with E-state index in [2.05, 4.69) is 11.9 Å². The fraction of sp³-hybridized carbons (Fsp3) is 0.778. The zero-order valence-electron chi connectivity index (χ0n) is 7.51. The summed E-state index contributed by atoms with van der Waals surface area (Å²) in [6.07, 6.45) is 3.42. The van der Waals surface area contributed by atoms with E-state index in [0.717, 1.165) is 19.4 Å². The van der Waals surface area contributed by atoms with E-state index < -0.39 is 0 Å². The van der Waals surface area contributed by atoms with Crippen molar-refractivity contribution in [3.8, 4) is 0 Å². The van der Waals surface area contributed by atoms with Crippen molar-refractivity contribution in [2.75, 3.05) is 13.6 Å². The summed E-state index contributed by atoms with van der Waals surface area (Å²) in [5, 5.41) is 12.4. The number of nitrogens with one attached hydrogen (secondary N) is 1. The van der Waals surface area contributed by atoms with Crippen LogP contribution in [0.1, 0.15) is 19.8 Å². The predicted molar refractivity (Wildman–Crippen MR) is 48.5 cm³/mol. The molecule has 0 rings (SSSR count). The Morgan fingerprint density at radius 2 is 2.27 bits per heavy atom. The lowest BCUT2D eigenvalue weighted by Gasteiger charge is -2.14. The lowest BCUT2D eigenvalue weighted by molar-refractivity contribution is 0.155. The molecule has 0 saturated carbocycles.